The van der Waals surface area contributed by atoms with Crippen molar-refractivity contribution in [1.29, 1.82) is 0 Å². The maximum absolute atomic E-state index is 13.9. The molecule has 0 unspecified atom stereocenters. The number of methoxy groups -OCH3 is 1. The summed E-state index contributed by atoms with van der Waals surface area (Å²) in [6.07, 6.45) is 3.52. The molecule has 51 heavy (non-hydrogen) atoms. The Morgan fingerprint density at radius 3 is 2.24 bits per heavy atom. The molecular formula is C37H46NNaO12. The number of esters is 1. The van der Waals surface area contributed by atoms with E-state index in [2.05, 4.69) is 5.32 Å². The van der Waals surface area contributed by atoms with E-state index in [4.69, 9.17) is 18.9 Å². The zero-order chi connectivity index (χ0) is 37.4. The molecule has 0 fully saturated rings. The first kappa shape index (κ1) is 41.8. The molecule has 2 aromatic carbocycles. The van der Waals surface area contributed by atoms with Gasteiger partial charge in [-0.25, -0.2) is 0 Å². The Morgan fingerprint density at radius 2 is 1.63 bits per heavy atom. The number of phenols is 2. The number of amides is 1. The first-order chi connectivity index (χ1) is 23.4. The molecule has 0 radical (unpaired) electrons. The molecule has 0 saturated carbocycles. The van der Waals surface area contributed by atoms with E-state index < -0.39 is 88.8 Å². The van der Waals surface area contributed by atoms with Gasteiger partial charge in [-0.1, -0.05) is 51.7 Å². The Labute approximate surface area is 319 Å². The summed E-state index contributed by atoms with van der Waals surface area (Å²) in [6, 6.07) is 0.951. The summed E-state index contributed by atoms with van der Waals surface area (Å²) >= 11 is 0. The van der Waals surface area contributed by atoms with Crippen LogP contribution in [0.15, 0.2) is 42.2 Å². The molecule has 13 nitrogen and oxygen atoms in total. The molecule has 14 heteroatoms. The van der Waals surface area contributed by atoms with Crippen LogP contribution in [0.1, 0.15) is 64.4 Å². The van der Waals surface area contributed by atoms with E-state index in [1.165, 1.54) is 53.2 Å². The van der Waals surface area contributed by atoms with E-state index in [-0.39, 0.29) is 68.5 Å². The number of phenolic OH excluding ortho intramolecular Hbond substituents is 2. The number of Topliss-reactive ketones (excluding diaryl/α,β-unsaturated/α-hetero) is 1. The monoisotopic (exact) mass is 719 g/mol. The minimum absolute atomic E-state index is 0. The van der Waals surface area contributed by atoms with E-state index in [0.29, 0.717) is 0 Å². The Morgan fingerprint density at radius 1 is 0.980 bits per heavy atom. The number of ether oxygens (including phenoxy) is 4. The van der Waals surface area contributed by atoms with Crippen molar-refractivity contribution in [2.24, 2.45) is 23.7 Å². The predicted octanol–water partition coefficient (Wildman–Crippen LogP) is 1.13. The number of carbonyl (C=O) groups excluding carboxylic acids is 3. The molecule has 1 amide bonds. The van der Waals surface area contributed by atoms with Crippen molar-refractivity contribution in [1.82, 2.24) is 0 Å². The minimum atomic E-state index is -2.01. The van der Waals surface area contributed by atoms with Gasteiger partial charge in [0, 0.05) is 55.8 Å². The fourth-order valence-electron chi connectivity index (χ4n) is 6.63. The number of hydrogen-bond donors (Lipinski definition) is 5. The Bertz CT molecular complexity index is 1770. The molecule has 0 aliphatic carbocycles. The second-order valence-corrected chi connectivity index (χ2v) is 13.4. The van der Waals surface area contributed by atoms with Crippen LogP contribution in [0.25, 0.3) is 10.8 Å². The zero-order valence-electron chi connectivity index (χ0n) is 30.6. The van der Waals surface area contributed by atoms with Crippen molar-refractivity contribution < 1.29 is 88.4 Å². The SMILES string of the molecule is CO[C@H]1/C=C/O[C@@]2(C)Oc3c(C)c(O)c4c(O)c(cc([O-])c4c3C2=O)NC(=O)/C(C)=C/C=C/[C@H](C)[C@H](O)[C@@H](C)[C@@H](O)[C@@H](C)[C@H](OC(C)=O)[C@@H]1C.[Na+]. The molecule has 5 N–H and O–H groups in total. The van der Waals surface area contributed by atoms with Crippen LogP contribution in [-0.4, -0.2) is 75.4 Å². The molecule has 272 valence electrons. The first-order valence-corrected chi connectivity index (χ1v) is 16.4. The molecule has 0 aromatic heterocycles. The van der Waals surface area contributed by atoms with E-state index >= 15 is 0 Å². The molecular weight excluding hydrogens is 673 g/mol. The Balaban J connectivity index is 0.00000702. The number of rotatable bonds is 2. The summed E-state index contributed by atoms with van der Waals surface area (Å²) in [5.41, 5.74) is -0.266. The van der Waals surface area contributed by atoms with Crippen LogP contribution in [0.4, 0.5) is 5.69 Å². The third kappa shape index (κ3) is 8.08. The number of anilines is 1. The number of nitrogens with one attached hydrogen (secondary N) is 1. The van der Waals surface area contributed by atoms with Crippen LogP contribution < -0.4 is 44.7 Å². The van der Waals surface area contributed by atoms with Crippen LogP contribution in [-0.2, 0) is 23.8 Å². The van der Waals surface area contributed by atoms with E-state index in [9.17, 15) is 39.9 Å². The van der Waals surface area contributed by atoms with Crippen molar-refractivity contribution in [2.45, 2.75) is 85.6 Å². The number of aliphatic hydroxyl groups is 2. The predicted molar refractivity (Wildman–Crippen MR) is 182 cm³/mol. The average molecular weight is 720 g/mol. The van der Waals surface area contributed by atoms with Gasteiger partial charge < -0.3 is 49.8 Å². The number of aromatic hydroxyl groups is 2. The van der Waals surface area contributed by atoms with Gasteiger partial charge in [-0.3, -0.25) is 14.4 Å². The maximum atomic E-state index is 13.9. The fourth-order valence-corrected chi connectivity index (χ4v) is 6.63. The van der Waals surface area contributed by atoms with Crippen molar-refractivity contribution in [2.75, 3.05) is 12.4 Å². The van der Waals surface area contributed by atoms with Gasteiger partial charge in [0.2, 0.25) is 0 Å². The Hall–Kier alpha value is -3.59. The van der Waals surface area contributed by atoms with E-state index in [1.807, 2.05) is 0 Å². The standard InChI is InChI=1S/C37H47NO12.Na/c1-16-11-10-12-17(2)36(46)38-23-15-24(40)26-27(32(23)44)31(43)21(6)34-28(26)35(45)37(8,50-34)48-14-13-25(47-9)18(3)33(49-22(7)39)20(5)30(42)19(4)29(16)41;/h10-16,18-20,25,29-30,33,40-44H,1-9H3,(H,38,46);/q;+1/p-1/b11-10+,14-13+,17-12+;/t16-,18+,19+,20+,25-,29-,30+,33+,37-;/m0./s1. The zero-order valence-corrected chi connectivity index (χ0v) is 32.6. The molecule has 3 aliphatic heterocycles. The molecule has 3 aliphatic rings. The maximum Gasteiger partial charge on any atom is 1.00 e. The second-order valence-electron chi connectivity index (χ2n) is 13.4. The summed E-state index contributed by atoms with van der Waals surface area (Å²) in [4.78, 5) is 39.2. The van der Waals surface area contributed by atoms with Gasteiger partial charge in [-0.05, 0) is 31.4 Å². The topological polar surface area (TPSA) is 204 Å². The normalized spacial score (nSPS) is 32.6. The average Bonchev–Trinajstić information content (AvgIpc) is 3.33. The van der Waals surface area contributed by atoms with Gasteiger partial charge in [0.1, 0.15) is 17.6 Å². The van der Waals surface area contributed by atoms with Crippen LogP contribution >= 0.6 is 0 Å². The summed E-state index contributed by atoms with van der Waals surface area (Å²) in [5, 5.41) is 60.2. The Kier molecular flexibility index (Phi) is 13.4. The van der Waals surface area contributed by atoms with Gasteiger partial charge in [-0.2, -0.15) is 0 Å². The smallest absolute Gasteiger partial charge is 0.872 e. The van der Waals surface area contributed by atoms with Crippen molar-refractivity contribution in [3.63, 3.8) is 0 Å². The number of aliphatic hydroxyl groups excluding tert-OH is 2. The molecule has 3 heterocycles. The number of benzene rings is 2. The van der Waals surface area contributed by atoms with Crippen LogP contribution in [0.2, 0.25) is 0 Å². The van der Waals surface area contributed by atoms with Gasteiger partial charge in [0.25, 0.3) is 11.7 Å². The second kappa shape index (κ2) is 16.4. The van der Waals surface area contributed by atoms with Gasteiger partial charge >= 0.3 is 41.3 Å². The number of allylic oxidation sites excluding steroid dienone is 2. The molecule has 5 bridgehead atoms. The summed E-state index contributed by atoms with van der Waals surface area (Å²) in [6.45, 7) is 12.4. The number of fused-ring (bicyclic) bond motifs is 14. The molecule has 0 saturated heterocycles. The molecule has 9 atom stereocenters. The molecule has 2 aromatic rings. The van der Waals surface area contributed by atoms with E-state index in [1.54, 1.807) is 39.8 Å². The van der Waals surface area contributed by atoms with Crippen LogP contribution in [0, 0.1) is 30.6 Å². The van der Waals surface area contributed by atoms with Crippen molar-refractivity contribution in [3.05, 3.63) is 53.3 Å². The van der Waals surface area contributed by atoms with Gasteiger partial charge in [-0.15, -0.1) is 0 Å². The van der Waals surface area contributed by atoms with Crippen LogP contribution in [0.3, 0.4) is 0 Å². The number of ketones is 1. The quantitative estimate of drug-likeness (QED) is 0.168. The van der Waals surface area contributed by atoms with Crippen molar-refractivity contribution in [3.8, 4) is 23.0 Å². The number of hydrogen-bond acceptors (Lipinski definition) is 12. The molecule has 5 rings (SSSR count). The van der Waals surface area contributed by atoms with Crippen molar-refractivity contribution >= 4 is 34.1 Å². The first-order valence-electron chi connectivity index (χ1n) is 16.4. The third-order valence-electron chi connectivity index (χ3n) is 9.82. The minimum Gasteiger partial charge on any atom is -0.872 e. The van der Waals surface area contributed by atoms with Crippen LogP contribution in [0.5, 0.6) is 23.0 Å². The summed E-state index contributed by atoms with van der Waals surface area (Å²) < 4.78 is 23.1. The largest absolute Gasteiger partial charge is 1.00 e. The fraction of sp³-hybridized carbons (Fsp3) is 0.486. The third-order valence-corrected chi connectivity index (χ3v) is 9.82. The summed E-state index contributed by atoms with van der Waals surface area (Å²) in [5.74, 6) is -8.49. The van der Waals surface area contributed by atoms with Gasteiger partial charge in [0.05, 0.1) is 41.2 Å². The molecule has 0 spiro atoms. The number of carbonyl (C=O) groups is 3. The van der Waals surface area contributed by atoms with Gasteiger partial charge in [0.15, 0.2) is 5.75 Å². The van der Waals surface area contributed by atoms with E-state index in [0.717, 1.165) is 6.07 Å². The summed E-state index contributed by atoms with van der Waals surface area (Å²) in [7, 11) is 1.43.